The number of anilines is 1. The van der Waals surface area contributed by atoms with Gasteiger partial charge in [0.2, 0.25) is 0 Å². The number of nitrogens with one attached hydrogen (secondary N) is 2. The SMILES string of the molecule is CCN(CC)c1ccc([C@@H]2NC(=S)NC(C)=C2C(=O)OC)cc1. The fourth-order valence-corrected chi connectivity index (χ4v) is 3.06. The Hall–Kier alpha value is -2.08. The van der Waals surface area contributed by atoms with Crippen molar-refractivity contribution in [2.75, 3.05) is 25.1 Å². The van der Waals surface area contributed by atoms with E-state index < -0.39 is 0 Å². The lowest BCUT2D eigenvalue weighted by molar-refractivity contribution is -0.136. The van der Waals surface area contributed by atoms with Crippen molar-refractivity contribution in [2.45, 2.75) is 26.8 Å². The molecule has 0 bridgehead atoms. The third-order valence-electron chi connectivity index (χ3n) is 4.03. The first-order chi connectivity index (χ1) is 11.0. The highest BCUT2D eigenvalue weighted by atomic mass is 32.1. The molecule has 1 aromatic carbocycles. The van der Waals surface area contributed by atoms with Gasteiger partial charge in [-0.25, -0.2) is 4.79 Å². The van der Waals surface area contributed by atoms with Gasteiger partial charge >= 0.3 is 5.97 Å². The van der Waals surface area contributed by atoms with Crippen molar-refractivity contribution in [3.63, 3.8) is 0 Å². The summed E-state index contributed by atoms with van der Waals surface area (Å²) in [5.74, 6) is -0.359. The number of nitrogens with zero attached hydrogens (tertiary/aromatic N) is 1. The Morgan fingerprint density at radius 1 is 1.26 bits per heavy atom. The highest BCUT2D eigenvalue weighted by Gasteiger charge is 2.30. The molecule has 0 unspecified atom stereocenters. The van der Waals surface area contributed by atoms with E-state index in [0.29, 0.717) is 10.7 Å². The predicted octanol–water partition coefficient (Wildman–Crippen LogP) is 2.50. The summed E-state index contributed by atoms with van der Waals surface area (Å²) in [7, 11) is 1.38. The fourth-order valence-electron chi connectivity index (χ4n) is 2.79. The van der Waals surface area contributed by atoms with E-state index in [4.69, 9.17) is 17.0 Å². The molecule has 1 aromatic rings. The number of thiocarbonyl (C=S) groups is 1. The minimum Gasteiger partial charge on any atom is -0.466 e. The number of hydrogen-bond donors (Lipinski definition) is 2. The molecule has 0 saturated heterocycles. The van der Waals surface area contributed by atoms with Crippen LogP contribution in [0.25, 0.3) is 0 Å². The first kappa shape index (κ1) is 17.3. The lowest BCUT2D eigenvalue weighted by atomic mass is 9.95. The van der Waals surface area contributed by atoms with E-state index in [1.807, 2.05) is 19.1 Å². The maximum absolute atomic E-state index is 12.1. The van der Waals surface area contributed by atoms with E-state index in [1.54, 1.807) is 0 Å². The maximum atomic E-state index is 12.1. The molecule has 1 aliphatic heterocycles. The third-order valence-corrected chi connectivity index (χ3v) is 4.25. The Morgan fingerprint density at radius 3 is 2.39 bits per heavy atom. The van der Waals surface area contributed by atoms with Crippen LogP contribution in [0.2, 0.25) is 0 Å². The Morgan fingerprint density at radius 2 is 1.87 bits per heavy atom. The molecule has 5 nitrogen and oxygen atoms in total. The zero-order valence-corrected chi connectivity index (χ0v) is 14.8. The second kappa shape index (κ2) is 7.46. The van der Waals surface area contributed by atoms with Crippen LogP contribution < -0.4 is 15.5 Å². The lowest BCUT2D eigenvalue weighted by Crippen LogP contribution is -2.45. The number of ether oxygens (including phenoxy) is 1. The van der Waals surface area contributed by atoms with Crippen LogP contribution in [-0.2, 0) is 9.53 Å². The normalized spacial score (nSPS) is 17.4. The van der Waals surface area contributed by atoms with Crippen molar-refractivity contribution in [3.05, 3.63) is 41.1 Å². The van der Waals surface area contributed by atoms with Crippen LogP contribution in [0.5, 0.6) is 0 Å². The first-order valence-electron chi connectivity index (χ1n) is 7.73. The van der Waals surface area contributed by atoms with Gasteiger partial charge in [0.15, 0.2) is 5.11 Å². The topological polar surface area (TPSA) is 53.6 Å². The lowest BCUT2D eigenvalue weighted by Gasteiger charge is -2.30. The van der Waals surface area contributed by atoms with Gasteiger partial charge in [0.1, 0.15) is 0 Å². The Kier molecular flexibility index (Phi) is 5.60. The van der Waals surface area contributed by atoms with Crippen molar-refractivity contribution < 1.29 is 9.53 Å². The molecule has 1 aliphatic rings. The van der Waals surface area contributed by atoms with Crippen molar-refractivity contribution in [1.82, 2.24) is 10.6 Å². The standard InChI is InChI=1S/C17H23N3O2S/c1-5-20(6-2)13-9-7-12(8-10-13)15-14(16(21)22-4)11(3)18-17(23)19-15/h7-10,15H,5-6H2,1-4H3,(H2,18,19,23)/t15-/m0/s1. The minimum absolute atomic E-state index is 0.304. The molecule has 0 fully saturated rings. The third kappa shape index (κ3) is 3.64. The van der Waals surface area contributed by atoms with Crippen LogP contribution in [0.15, 0.2) is 35.5 Å². The van der Waals surface area contributed by atoms with E-state index in [-0.39, 0.29) is 12.0 Å². The average Bonchev–Trinajstić information content (AvgIpc) is 2.55. The molecule has 0 amide bonds. The van der Waals surface area contributed by atoms with E-state index in [9.17, 15) is 4.79 Å². The van der Waals surface area contributed by atoms with Gasteiger partial charge in [-0.2, -0.15) is 0 Å². The number of allylic oxidation sites excluding steroid dienone is 1. The zero-order valence-electron chi connectivity index (χ0n) is 14.0. The summed E-state index contributed by atoms with van der Waals surface area (Å²) in [6, 6.07) is 7.88. The summed E-state index contributed by atoms with van der Waals surface area (Å²) in [4.78, 5) is 14.4. The van der Waals surface area contributed by atoms with Crippen LogP contribution in [0.1, 0.15) is 32.4 Å². The largest absolute Gasteiger partial charge is 0.466 e. The van der Waals surface area contributed by atoms with E-state index in [0.717, 1.165) is 30.0 Å². The van der Waals surface area contributed by atoms with Crippen molar-refractivity contribution >= 4 is 29.0 Å². The van der Waals surface area contributed by atoms with Crippen LogP contribution in [0, 0.1) is 0 Å². The van der Waals surface area contributed by atoms with E-state index in [2.05, 4.69) is 41.5 Å². The highest BCUT2D eigenvalue weighted by Crippen LogP contribution is 2.29. The molecule has 1 heterocycles. The first-order valence-corrected chi connectivity index (χ1v) is 8.14. The smallest absolute Gasteiger partial charge is 0.337 e. The van der Waals surface area contributed by atoms with Gasteiger partial charge in [0, 0.05) is 24.5 Å². The predicted molar refractivity (Wildman–Crippen MR) is 96.3 cm³/mol. The second-order valence-corrected chi connectivity index (χ2v) is 5.73. The number of hydrogen-bond acceptors (Lipinski definition) is 4. The number of carbonyl (C=O) groups excluding carboxylic acids is 1. The number of benzene rings is 1. The molecule has 0 radical (unpaired) electrons. The van der Waals surface area contributed by atoms with Crippen LogP contribution >= 0.6 is 12.2 Å². The summed E-state index contributed by atoms with van der Waals surface area (Å²) < 4.78 is 4.92. The van der Waals surface area contributed by atoms with Gasteiger partial charge in [-0.3, -0.25) is 0 Å². The van der Waals surface area contributed by atoms with E-state index >= 15 is 0 Å². The summed E-state index contributed by atoms with van der Waals surface area (Å²) in [6.45, 7) is 8.00. The molecule has 2 rings (SSSR count). The quantitative estimate of drug-likeness (QED) is 0.638. The van der Waals surface area contributed by atoms with Gasteiger partial charge < -0.3 is 20.3 Å². The number of carbonyl (C=O) groups is 1. The van der Waals surface area contributed by atoms with Gasteiger partial charge in [-0.05, 0) is 50.7 Å². The second-order valence-electron chi connectivity index (χ2n) is 5.33. The molecular weight excluding hydrogens is 310 g/mol. The summed E-state index contributed by atoms with van der Waals surface area (Å²) in [5.41, 5.74) is 3.41. The maximum Gasteiger partial charge on any atom is 0.337 e. The van der Waals surface area contributed by atoms with Crippen LogP contribution in [-0.4, -0.2) is 31.3 Å². The van der Waals surface area contributed by atoms with Gasteiger partial charge in [-0.1, -0.05) is 12.1 Å². The highest BCUT2D eigenvalue weighted by molar-refractivity contribution is 7.80. The molecule has 1 atom stereocenters. The summed E-state index contributed by atoms with van der Waals surface area (Å²) in [5, 5.41) is 6.64. The van der Waals surface area contributed by atoms with Gasteiger partial charge in [-0.15, -0.1) is 0 Å². The summed E-state index contributed by atoms with van der Waals surface area (Å²) in [6.07, 6.45) is 0. The Balaban J connectivity index is 2.36. The van der Waals surface area contributed by atoms with Crippen molar-refractivity contribution in [1.29, 1.82) is 0 Å². The molecule has 0 aromatic heterocycles. The van der Waals surface area contributed by atoms with Gasteiger partial charge in [0.05, 0.1) is 18.7 Å². The van der Waals surface area contributed by atoms with Gasteiger partial charge in [0.25, 0.3) is 0 Å². The van der Waals surface area contributed by atoms with Crippen LogP contribution in [0.4, 0.5) is 5.69 Å². The molecule has 0 spiro atoms. The fraction of sp³-hybridized carbons (Fsp3) is 0.412. The molecular formula is C17H23N3O2S. The van der Waals surface area contributed by atoms with E-state index in [1.165, 1.54) is 7.11 Å². The molecule has 0 saturated carbocycles. The van der Waals surface area contributed by atoms with Crippen molar-refractivity contribution in [3.8, 4) is 0 Å². The number of rotatable bonds is 5. The van der Waals surface area contributed by atoms with Crippen molar-refractivity contribution in [2.24, 2.45) is 0 Å². The number of esters is 1. The number of methoxy groups -OCH3 is 1. The Bertz CT molecular complexity index is 621. The molecule has 0 aliphatic carbocycles. The molecule has 2 N–H and O–H groups in total. The molecule has 124 valence electrons. The minimum atomic E-state index is -0.359. The summed E-state index contributed by atoms with van der Waals surface area (Å²) >= 11 is 5.22. The monoisotopic (exact) mass is 333 g/mol. The van der Waals surface area contributed by atoms with Crippen LogP contribution in [0.3, 0.4) is 0 Å². The average molecular weight is 333 g/mol. The zero-order chi connectivity index (χ0) is 17.0. The molecule has 6 heteroatoms. The Labute approximate surface area is 142 Å². The molecule has 23 heavy (non-hydrogen) atoms.